The number of nitrogens with two attached hydrogens (primary N) is 1. The van der Waals surface area contributed by atoms with Crippen LogP contribution < -0.4 is 5.73 Å². The summed E-state index contributed by atoms with van der Waals surface area (Å²) in [6.45, 7) is 0. The Bertz CT molecular complexity index is 239. The average Bonchev–Trinajstić information content (AvgIpc) is 1.82. The van der Waals surface area contributed by atoms with Crippen molar-refractivity contribution in [2.75, 3.05) is 5.73 Å². The van der Waals surface area contributed by atoms with Gasteiger partial charge in [0.1, 0.15) is 0 Å². The van der Waals surface area contributed by atoms with Crippen molar-refractivity contribution in [3.63, 3.8) is 0 Å². The highest BCUT2D eigenvalue weighted by Crippen LogP contribution is 2.33. The molecule has 0 saturated heterocycles. The van der Waals surface area contributed by atoms with Crippen LogP contribution in [0.3, 0.4) is 0 Å². The van der Waals surface area contributed by atoms with E-state index in [4.69, 9.17) is 28.9 Å². The maximum atomic E-state index is 10.8. The number of hydrogen-bond donors (Lipinski definition) is 1. The summed E-state index contributed by atoms with van der Waals surface area (Å²) in [5.41, 5.74) is 5.72. The summed E-state index contributed by atoms with van der Waals surface area (Å²) in [7, 11) is 0. The molecule has 1 radical (unpaired) electrons. The van der Waals surface area contributed by atoms with Crippen LogP contribution in [0.1, 0.15) is 0 Å². The normalized spacial score (nSPS) is 9.80. The second-order valence-corrected chi connectivity index (χ2v) is 2.63. The number of halogens is 2. The SMILES string of the molecule is Nc1cc(Cl)c([O])c(Cl)c1. The molecule has 1 aromatic carbocycles. The largest absolute Gasteiger partial charge is 0.399 e. The first-order valence-electron chi connectivity index (χ1n) is 2.53. The molecule has 0 aliphatic rings. The van der Waals surface area contributed by atoms with Crippen molar-refractivity contribution >= 4 is 28.9 Å². The monoisotopic (exact) mass is 176 g/mol. The molecule has 0 atom stereocenters. The maximum absolute atomic E-state index is 10.8. The Kier molecular flexibility index (Phi) is 1.92. The van der Waals surface area contributed by atoms with E-state index in [1.54, 1.807) is 0 Å². The number of nitrogen functional groups attached to an aromatic ring is 1. The maximum Gasteiger partial charge on any atom is 0.215 e. The molecule has 1 rings (SSSR count). The lowest BCUT2D eigenvalue weighted by atomic mass is 10.3. The Morgan fingerprint density at radius 2 is 1.60 bits per heavy atom. The minimum absolute atomic E-state index is 0.0602. The minimum Gasteiger partial charge on any atom is -0.399 e. The summed E-state index contributed by atoms with van der Waals surface area (Å²) >= 11 is 10.9. The van der Waals surface area contributed by atoms with Crippen LogP contribution in [0.5, 0.6) is 5.75 Å². The number of rotatable bonds is 0. The van der Waals surface area contributed by atoms with Crippen molar-refractivity contribution in [1.29, 1.82) is 0 Å². The van der Waals surface area contributed by atoms with E-state index in [0.717, 1.165) is 0 Å². The lowest BCUT2D eigenvalue weighted by Crippen LogP contribution is -1.83. The van der Waals surface area contributed by atoms with Gasteiger partial charge < -0.3 is 5.73 Å². The predicted molar refractivity (Wildman–Crippen MR) is 41.0 cm³/mol. The standard InChI is InChI=1S/C6H4Cl2NO/c7-4-1-3(9)2-5(8)6(4)10/h1-2H,9H2. The first-order chi connectivity index (χ1) is 4.61. The molecule has 4 heteroatoms. The molecule has 2 N–H and O–H groups in total. The molecular weight excluding hydrogens is 173 g/mol. The van der Waals surface area contributed by atoms with E-state index in [9.17, 15) is 5.11 Å². The van der Waals surface area contributed by atoms with Gasteiger partial charge in [-0.25, -0.2) is 0 Å². The average molecular weight is 177 g/mol. The summed E-state index contributed by atoms with van der Waals surface area (Å²) < 4.78 is 0. The van der Waals surface area contributed by atoms with Crippen molar-refractivity contribution in [1.82, 2.24) is 0 Å². The second-order valence-electron chi connectivity index (χ2n) is 1.81. The van der Waals surface area contributed by atoms with E-state index in [1.165, 1.54) is 12.1 Å². The van der Waals surface area contributed by atoms with Crippen LogP contribution in [0.15, 0.2) is 12.1 Å². The lowest BCUT2D eigenvalue weighted by molar-refractivity contribution is 0.355. The Morgan fingerprint density at radius 1 is 1.20 bits per heavy atom. The van der Waals surface area contributed by atoms with Crippen LogP contribution in [0.4, 0.5) is 5.69 Å². The van der Waals surface area contributed by atoms with Gasteiger partial charge >= 0.3 is 0 Å². The molecule has 0 aliphatic heterocycles. The quantitative estimate of drug-likeness (QED) is 0.608. The van der Waals surface area contributed by atoms with Gasteiger partial charge in [0.15, 0.2) is 0 Å². The summed E-state index contributed by atoms with van der Waals surface area (Å²) in [5.74, 6) is -0.377. The van der Waals surface area contributed by atoms with Crippen LogP contribution >= 0.6 is 23.2 Å². The van der Waals surface area contributed by atoms with Gasteiger partial charge in [-0.1, -0.05) is 23.2 Å². The molecular formula is C6H4Cl2NO. The van der Waals surface area contributed by atoms with Crippen molar-refractivity contribution in [3.8, 4) is 5.75 Å². The second kappa shape index (κ2) is 2.56. The Labute approximate surface area is 68.2 Å². The van der Waals surface area contributed by atoms with E-state index in [1.807, 2.05) is 0 Å². The Morgan fingerprint density at radius 3 is 2.00 bits per heavy atom. The fraction of sp³-hybridized carbons (Fsp3) is 0. The van der Waals surface area contributed by atoms with Crippen molar-refractivity contribution in [2.45, 2.75) is 0 Å². The third kappa shape index (κ3) is 1.28. The van der Waals surface area contributed by atoms with Crippen LogP contribution in [-0.4, -0.2) is 0 Å². The Hall–Kier alpha value is -0.600. The van der Waals surface area contributed by atoms with Gasteiger partial charge in [0.05, 0.1) is 10.0 Å². The molecule has 53 valence electrons. The topological polar surface area (TPSA) is 45.9 Å². The molecule has 2 nitrogen and oxygen atoms in total. The molecule has 10 heavy (non-hydrogen) atoms. The molecule has 0 aliphatic carbocycles. The van der Waals surface area contributed by atoms with Crippen molar-refractivity contribution in [3.05, 3.63) is 22.2 Å². The molecule has 0 fully saturated rings. The van der Waals surface area contributed by atoms with Crippen molar-refractivity contribution < 1.29 is 5.11 Å². The Balaban J connectivity index is 3.31. The zero-order chi connectivity index (χ0) is 7.72. The summed E-state index contributed by atoms with van der Waals surface area (Å²) in [6.07, 6.45) is 0. The molecule has 0 spiro atoms. The zero-order valence-electron chi connectivity index (χ0n) is 4.90. The van der Waals surface area contributed by atoms with E-state index in [-0.39, 0.29) is 15.8 Å². The summed E-state index contributed by atoms with van der Waals surface area (Å²) in [5, 5.41) is 10.9. The van der Waals surface area contributed by atoms with Gasteiger partial charge in [0, 0.05) is 5.69 Å². The van der Waals surface area contributed by atoms with Gasteiger partial charge in [0.25, 0.3) is 0 Å². The first kappa shape index (κ1) is 7.51. The van der Waals surface area contributed by atoms with Gasteiger partial charge in [-0.05, 0) is 12.1 Å². The first-order valence-corrected chi connectivity index (χ1v) is 3.28. The smallest absolute Gasteiger partial charge is 0.215 e. The fourth-order valence-electron chi connectivity index (χ4n) is 0.579. The molecule has 0 amide bonds. The highest BCUT2D eigenvalue weighted by Gasteiger charge is 2.05. The molecule has 0 bridgehead atoms. The van der Waals surface area contributed by atoms with Crippen molar-refractivity contribution in [2.24, 2.45) is 0 Å². The third-order valence-electron chi connectivity index (χ3n) is 1.02. The van der Waals surface area contributed by atoms with Crippen LogP contribution in [0.25, 0.3) is 0 Å². The zero-order valence-corrected chi connectivity index (χ0v) is 6.41. The van der Waals surface area contributed by atoms with Gasteiger partial charge in [-0.15, -0.1) is 0 Å². The number of anilines is 1. The molecule has 0 unspecified atom stereocenters. The minimum atomic E-state index is -0.377. The lowest BCUT2D eigenvalue weighted by Gasteiger charge is -1.96. The third-order valence-corrected chi connectivity index (χ3v) is 1.58. The van der Waals surface area contributed by atoms with E-state index < -0.39 is 0 Å². The van der Waals surface area contributed by atoms with Crippen LogP contribution in [0.2, 0.25) is 10.0 Å². The molecule has 1 aromatic rings. The van der Waals surface area contributed by atoms with Gasteiger partial charge in [-0.2, -0.15) is 0 Å². The van der Waals surface area contributed by atoms with E-state index >= 15 is 0 Å². The van der Waals surface area contributed by atoms with E-state index in [2.05, 4.69) is 0 Å². The molecule has 0 aromatic heterocycles. The molecule has 0 heterocycles. The van der Waals surface area contributed by atoms with Gasteiger partial charge in [-0.3, -0.25) is 5.11 Å². The highest BCUT2D eigenvalue weighted by molar-refractivity contribution is 6.37. The predicted octanol–water partition coefficient (Wildman–Crippen LogP) is 2.72. The number of benzene rings is 1. The fourth-order valence-corrected chi connectivity index (χ4v) is 1.08. The van der Waals surface area contributed by atoms with Crippen LogP contribution in [-0.2, 0) is 5.11 Å². The summed E-state index contributed by atoms with van der Waals surface area (Å²) in [4.78, 5) is 0. The van der Waals surface area contributed by atoms with E-state index in [0.29, 0.717) is 5.69 Å². The highest BCUT2D eigenvalue weighted by atomic mass is 35.5. The van der Waals surface area contributed by atoms with Gasteiger partial charge in [0.2, 0.25) is 5.75 Å². The van der Waals surface area contributed by atoms with Crippen LogP contribution in [0, 0.1) is 0 Å². The molecule has 0 saturated carbocycles. The summed E-state index contributed by atoms with van der Waals surface area (Å²) in [6, 6.07) is 2.74. The number of hydrogen-bond acceptors (Lipinski definition) is 1.